The summed E-state index contributed by atoms with van der Waals surface area (Å²) in [6.45, 7) is 8.32. The lowest BCUT2D eigenvalue weighted by molar-refractivity contribution is 0.539. The van der Waals surface area contributed by atoms with Crippen LogP contribution in [0, 0.1) is 12.7 Å². The number of aromatic nitrogens is 3. The van der Waals surface area contributed by atoms with Crippen LogP contribution in [0.1, 0.15) is 31.7 Å². The lowest BCUT2D eigenvalue weighted by Crippen LogP contribution is -2.52. The van der Waals surface area contributed by atoms with Crippen LogP contribution < -0.4 is 14.7 Å². The van der Waals surface area contributed by atoms with Crippen molar-refractivity contribution in [2.45, 2.75) is 39.2 Å². The zero-order valence-corrected chi connectivity index (χ0v) is 20.5. The summed E-state index contributed by atoms with van der Waals surface area (Å²) < 4.78 is 13.9. The normalized spacial score (nSPS) is 18.9. The Balaban J connectivity index is 1.47. The molecule has 178 valence electrons. The van der Waals surface area contributed by atoms with Crippen molar-refractivity contribution in [2.24, 2.45) is 0 Å². The van der Waals surface area contributed by atoms with Crippen molar-refractivity contribution in [2.75, 3.05) is 47.4 Å². The number of pyridine rings is 1. The highest BCUT2D eigenvalue weighted by atomic mass is 35.5. The quantitative estimate of drug-likeness (QED) is 0.502. The van der Waals surface area contributed by atoms with E-state index in [9.17, 15) is 4.39 Å². The fourth-order valence-corrected chi connectivity index (χ4v) is 5.10. The second-order valence-corrected chi connectivity index (χ2v) is 9.63. The smallest absolute Gasteiger partial charge is 0.227 e. The standard InChI is InChI=1S/C26H30ClFN6/c1-18-15-20(8-9-22(18)28)23-16-24(31-26(30-23)32-11-4-3-5-12-32)34-14-13-33(17-19(34)2)25-21(27)7-6-10-29-25/h6-10,15-16,19H,3-5,11-14,17H2,1-2H3/t19-/m1/s1. The Hall–Kier alpha value is -2.93. The molecular weight excluding hydrogens is 451 g/mol. The zero-order valence-electron chi connectivity index (χ0n) is 19.7. The number of anilines is 3. The SMILES string of the molecule is Cc1cc(-c2cc(N3CCN(c4ncccc4Cl)C[C@H]3C)nc(N3CCCCC3)n2)ccc1F. The lowest BCUT2D eigenvalue weighted by Gasteiger charge is -2.41. The molecule has 2 fully saturated rings. The van der Waals surface area contributed by atoms with Gasteiger partial charge in [-0.2, -0.15) is 4.98 Å². The number of piperidine rings is 1. The van der Waals surface area contributed by atoms with Crippen molar-refractivity contribution in [3.05, 3.63) is 59.0 Å². The molecule has 1 aromatic carbocycles. The third-order valence-corrected chi connectivity index (χ3v) is 7.05. The maximum absolute atomic E-state index is 13.9. The van der Waals surface area contributed by atoms with Crippen molar-refractivity contribution in [1.29, 1.82) is 0 Å². The molecule has 4 heterocycles. The summed E-state index contributed by atoms with van der Waals surface area (Å²) in [4.78, 5) is 21.3. The topological polar surface area (TPSA) is 48.4 Å². The summed E-state index contributed by atoms with van der Waals surface area (Å²) in [6.07, 6.45) is 5.33. The first-order valence-corrected chi connectivity index (χ1v) is 12.4. The number of hydrogen-bond acceptors (Lipinski definition) is 6. The van der Waals surface area contributed by atoms with Gasteiger partial charge in [0, 0.05) is 56.6 Å². The Morgan fingerprint density at radius 1 is 0.971 bits per heavy atom. The highest BCUT2D eigenvalue weighted by molar-refractivity contribution is 6.32. The average molecular weight is 481 g/mol. The van der Waals surface area contributed by atoms with Crippen LogP contribution in [0.15, 0.2) is 42.6 Å². The number of halogens is 2. The van der Waals surface area contributed by atoms with Crippen molar-refractivity contribution < 1.29 is 4.39 Å². The van der Waals surface area contributed by atoms with Crippen LogP contribution in [0.3, 0.4) is 0 Å². The Morgan fingerprint density at radius 3 is 2.53 bits per heavy atom. The summed E-state index contributed by atoms with van der Waals surface area (Å²) in [5.74, 6) is 2.30. The van der Waals surface area contributed by atoms with Crippen LogP contribution in [0.5, 0.6) is 0 Å². The fourth-order valence-electron chi connectivity index (χ4n) is 4.86. The van der Waals surface area contributed by atoms with E-state index in [2.05, 4.69) is 26.6 Å². The van der Waals surface area contributed by atoms with Gasteiger partial charge >= 0.3 is 0 Å². The molecule has 1 atom stereocenters. The average Bonchev–Trinajstić information content (AvgIpc) is 2.86. The van der Waals surface area contributed by atoms with Gasteiger partial charge in [-0.15, -0.1) is 0 Å². The fraction of sp³-hybridized carbons (Fsp3) is 0.423. The van der Waals surface area contributed by atoms with Gasteiger partial charge in [0.1, 0.15) is 17.5 Å². The van der Waals surface area contributed by atoms with Crippen LogP contribution in [0.25, 0.3) is 11.3 Å². The van der Waals surface area contributed by atoms with Crippen molar-refractivity contribution in [3.8, 4) is 11.3 Å². The van der Waals surface area contributed by atoms with E-state index in [0.717, 1.165) is 74.4 Å². The summed E-state index contributed by atoms with van der Waals surface area (Å²) in [6, 6.07) is 11.2. The van der Waals surface area contributed by atoms with Crippen LogP contribution in [0.2, 0.25) is 5.02 Å². The molecular formula is C26H30ClFN6. The molecule has 3 aromatic rings. The Kier molecular flexibility index (Phi) is 6.55. The highest BCUT2D eigenvalue weighted by Gasteiger charge is 2.28. The first-order chi connectivity index (χ1) is 16.5. The Labute approximate surface area is 205 Å². The molecule has 0 bridgehead atoms. The third-order valence-electron chi connectivity index (χ3n) is 6.75. The second-order valence-electron chi connectivity index (χ2n) is 9.22. The van der Waals surface area contributed by atoms with Gasteiger partial charge in [0.25, 0.3) is 0 Å². The van der Waals surface area contributed by atoms with Crippen LogP contribution >= 0.6 is 11.6 Å². The third kappa shape index (κ3) is 4.67. The molecule has 0 unspecified atom stereocenters. The molecule has 2 aliphatic rings. The van der Waals surface area contributed by atoms with Gasteiger partial charge in [-0.3, -0.25) is 0 Å². The number of hydrogen-bond donors (Lipinski definition) is 0. The van der Waals surface area contributed by atoms with E-state index < -0.39 is 0 Å². The van der Waals surface area contributed by atoms with Crippen LogP contribution in [0.4, 0.5) is 22.0 Å². The van der Waals surface area contributed by atoms with Gasteiger partial charge in [0.15, 0.2) is 0 Å². The first kappa shape index (κ1) is 22.8. The molecule has 0 aliphatic carbocycles. The van der Waals surface area contributed by atoms with Gasteiger partial charge in [-0.05, 0) is 69.0 Å². The maximum Gasteiger partial charge on any atom is 0.227 e. The van der Waals surface area contributed by atoms with E-state index in [4.69, 9.17) is 21.6 Å². The summed E-state index contributed by atoms with van der Waals surface area (Å²) in [7, 11) is 0. The van der Waals surface area contributed by atoms with Gasteiger partial charge in [-0.25, -0.2) is 14.4 Å². The van der Waals surface area contributed by atoms with E-state index in [1.165, 1.54) is 12.5 Å². The Bertz CT molecular complexity index is 1170. The summed E-state index contributed by atoms with van der Waals surface area (Å²) in [5, 5.41) is 0.673. The minimum atomic E-state index is -0.202. The van der Waals surface area contributed by atoms with Crippen LogP contribution in [-0.4, -0.2) is 53.7 Å². The number of nitrogens with zero attached hydrogens (tertiary/aromatic N) is 6. The van der Waals surface area contributed by atoms with E-state index >= 15 is 0 Å². The molecule has 0 amide bonds. The van der Waals surface area contributed by atoms with Gasteiger partial charge in [0.2, 0.25) is 5.95 Å². The minimum absolute atomic E-state index is 0.202. The van der Waals surface area contributed by atoms with E-state index in [-0.39, 0.29) is 11.9 Å². The molecule has 2 saturated heterocycles. The number of rotatable bonds is 4. The lowest BCUT2D eigenvalue weighted by atomic mass is 10.1. The van der Waals surface area contributed by atoms with E-state index in [1.807, 2.05) is 24.3 Å². The zero-order chi connectivity index (χ0) is 23.7. The van der Waals surface area contributed by atoms with Gasteiger partial charge in [0.05, 0.1) is 10.7 Å². The number of aryl methyl sites for hydroxylation is 1. The molecule has 34 heavy (non-hydrogen) atoms. The Morgan fingerprint density at radius 2 is 1.79 bits per heavy atom. The molecule has 0 saturated carbocycles. The molecule has 2 aliphatic heterocycles. The largest absolute Gasteiger partial charge is 0.352 e. The monoisotopic (exact) mass is 480 g/mol. The molecule has 8 heteroatoms. The second kappa shape index (κ2) is 9.74. The van der Waals surface area contributed by atoms with Crippen molar-refractivity contribution >= 4 is 29.2 Å². The number of piperazine rings is 1. The molecule has 0 spiro atoms. The molecule has 5 rings (SSSR count). The molecule has 2 aromatic heterocycles. The first-order valence-electron chi connectivity index (χ1n) is 12.0. The highest BCUT2D eigenvalue weighted by Crippen LogP contribution is 2.31. The predicted octanol–water partition coefficient (Wildman–Crippen LogP) is 5.34. The number of benzene rings is 1. The minimum Gasteiger partial charge on any atom is -0.352 e. The van der Waals surface area contributed by atoms with Gasteiger partial charge in [-0.1, -0.05) is 11.6 Å². The van der Waals surface area contributed by atoms with Crippen molar-refractivity contribution in [1.82, 2.24) is 15.0 Å². The predicted molar refractivity (Wildman–Crippen MR) is 136 cm³/mol. The summed E-state index contributed by atoms with van der Waals surface area (Å²) >= 11 is 6.41. The van der Waals surface area contributed by atoms with E-state index in [0.29, 0.717) is 10.6 Å². The van der Waals surface area contributed by atoms with Crippen molar-refractivity contribution in [3.63, 3.8) is 0 Å². The molecule has 0 N–H and O–H groups in total. The molecule has 0 radical (unpaired) electrons. The molecule has 6 nitrogen and oxygen atoms in total. The van der Waals surface area contributed by atoms with E-state index in [1.54, 1.807) is 19.2 Å². The maximum atomic E-state index is 13.9. The van der Waals surface area contributed by atoms with Crippen LogP contribution in [-0.2, 0) is 0 Å². The summed E-state index contributed by atoms with van der Waals surface area (Å²) in [5.41, 5.74) is 2.36. The van der Waals surface area contributed by atoms with Gasteiger partial charge < -0.3 is 14.7 Å².